The molecule has 0 unspecified atom stereocenters. The molecule has 14 heavy (non-hydrogen) atoms. The lowest BCUT2D eigenvalue weighted by Gasteiger charge is -2.16. The minimum Gasteiger partial charge on any atom is -0.376 e. The summed E-state index contributed by atoms with van der Waals surface area (Å²) in [6.07, 6.45) is 3.27. The van der Waals surface area contributed by atoms with E-state index >= 15 is 0 Å². The number of pyridine rings is 1. The summed E-state index contributed by atoms with van der Waals surface area (Å²) in [5.74, 6) is -0.221. The smallest absolute Gasteiger partial charge is 0.238 e. The largest absolute Gasteiger partial charge is 0.376 e. The van der Waals surface area contributed by atoms with E-state index in [1.54, 1.807) is 12.4 Å². The van der Waals surface area contributed by atoms with Crippen LogP contribution in [0.25, 0.3) is 0 Å². The number of anilines is 2. The molecule has 0 aromatic carbocycles. The number of nitrogens with zero attached hydrogens (tertiary/aromatic N) is 2. The average Bonchev–Trinajstić information content (AvgIpc) is 2.18. The monoisotopic (exact) mass is 194 g/mol. The van der Waals surface area contributed by atoms with Gasteiger partial charge in [-0.1, -0.05) is 0 Å². The van der Waals surface area contributed by atoms with Gasteiger partial charge in [0.15, 0.2) is 0 Å². The molecule has 0 fully saturated rings. The van der Waals surface area contributed by atoms with Crippen molar-refractivity contribution < 1.29 is 4.79 Å². The summed E-state index contributed by atoms with van der Waals surface area (Å²) in [5, 5.41) is 2.67. The van der Waals surface area contributed by atoms with E-state index < -0.39 is 0 Å². The Balaban J connectivity index is 2.90. The molecule has 0 aliphatic rings. The molecule has 0 aliphatic heterocycles. The minimum absolute atomic E-state index is 0.0260. The van der Waals surface area contributed by atoms with Crippen LogP contribution in [-0.2, 0) is 4.79 Å². The van der Waals surface area contributed by atoms with Gasteiger partial charge in [-0.05, 0) is 6.07 Å². The van der Waals surface area contributed by atoms with Crippen molar-refractivity contribution in [2.24, 2.45) is 5.73 Å². The summed E-state index contributed by atoms with van der Waals surface area (Å²) in [7, 11) is 3.79. The predicted molar refractivity (Wildman–Crippen MR) is 56.2 cm³/mol. The summed E-state index contributed by atoms with van der Waals surface area (Å²) in [6.45, 7) is -0.0260. The third-order valence-corrected chi connectivity index (χ3v) is 1.74. The standard InChI is InChI=1S/C9H14N4O/c1-13(2)8-3-4-11-6-7(8)12-9(14)5-10/h3-4,6H,5,10H2,1-2H3,(H,12,14). The summed E-state index contributed by atoms with van der Waals surface area (Å²) in [5.41, 5.74) is 6.78. The van der Waals surface area contributed by atoms with Crippen LogP contribution in [0, 0.1) is 0 Å². The first kappa shape index (κ1) is 10.5. The molecule has 76 valence electrons. The van der Waals surface area contributed by atoms with E-state index in [1.165, 1.54) is 0 Å². The Morgan fingerprint density at radius 3 is 2.93 bits per heavy atom. The average molecular weight is 194 g/mol. The highest BCUT2D eigenvalue weighted by atomic mass is 16.1. The predicted octanol–water partition coefficient (Wildman–Crippen LogP) is 0.0448. The Hall–Kier alpha value is -1.62. The van der Waals surface area contributed by atoms with Crippen molar-refractivity contribution in [3.63, 3.8) is 0 Å². The number of carbonyl (C=O) groups is 1. The fourth-order valence-corrected chi connectivity index (χ4v) is 1.07. The summed E-state index contributed by atoms with van der Waals surface area (Å²) < 4.78 is 0. The molecule has 0 atom stereocenters. The number of amides is 1. The molecule has 1 heterocycles. The second kappa shape index (κ2) is 4.57. The zero-order valence-electron chi connectivity index (χ0n) is 8.32. The molecule has 5 nitrogen and oxygen atoms in total. The van der Waals surface area contributed by atoms with Gasteiger partial charge < -0.3 is 16.0 Å². The highest BCUT2D eigenvalue weighted by Gasteiger charge is 2.06. The molecule has 0 spiro atoms. The number of hydrogen-bond acceptors (Lipinski definition) is 4. The second-order valence-electron chi connectivity index (χ2n) is 3.04. The summed E-state index contributed by atoms with van der Waals surface area (Å²) >= 11 is 0. The lowest BCUT2D eigenvalue weighted by atomic mass is 10.3. The van der Waals surface area contributed by atoms with Crippen LogP contribution < -0.4 is 16.0 Å². The SMILES string of the molecule is CN(C)c1ccncc1NC(=O)CN. The van der Waals surface area contributed by atoms with Crippen molar-refractivity contribution >= 4 is 17.3 Å². The lowest BCUT2D eigenvalue weighted by molar-refractivity contribution is -0.114. The first-order valence-electron chi connectivity index (χ1n) is 4.26. The molecule has 0 bridgehead atoms. The number of rotatable bonds is 3. The van der Waals surface area contributed by atoms with Crippen LogP contribution in [-0.4, -0.2) is 31.5 Å². The van der Waals surface area contributed by atoms with Gasteiger partial charge in [0.05, 0.1) is 24.1 Å². The zero-order valence-corrected chi connectivity index (χ0v) is 8.32. The van der Waals surface area contributed by atoms with Crippen molar-refractivity contribution in [3.8, 4) is 0 Å². The van der Waals surface area contributed by atoms with Crippen molar-refractivity contribution in [2.75, 3.05) is 30.9 Å². The molecule has 0 aliphatic carbocycles. The Morgan fingerprint density at radius 2 is 2.36 bits per heavy atom. The van der Waals surface area contributed by atoms with E-state index in [-0.39, 0.29) is 12.5 Å². The molecular weight excluding hydrogens is 180 g/mol. The van der Waals surface area contributed by atoms with Gasteiger partial charge >= 0.3 is 0 Å². The van der Waals surface area contributed by atoms with Crippen LogP contribution in [0.5, 0.6) is 0 Å². The Labute approximate surface area is 82.9 Å². The number of aromatic nitrogens is 1. The molecule has 5 heteroatoms. The van der Waals surface area contributed by atoms with E-state index in [2.05, 4.69) is 10.3 Å². The summed E-state index contributed by atoms with van der Waals surface area (Å²) in [4.78, 5) is 16.9. The van der Waals surface area contributed by atoms with Crippen LogP contribution in [0.4, 0.5) is 11.4 Å². The fraction of sp³-hybridized carbons (Fsp3) is 0.333. The van der Waals surface area contributed by atoms with Crippen molar-refractivity contribution in [2.45, 2.75) is 0 Å². The molecule has 0 saturated heterocycles. The van der Waals surface area contributed by atoms with Gasteiger partial charge in [-0.15, -0.1) is 0 Å². The molecule has 1 amide bonds. The number of nitrogens with two attached hydrogens (primary N) is 1. The van der Waals surface area contributed by atoms with Crippen LogP contribution in [0.2, 0.25) is 0 Å². The molecule has 1 aromatic rings. The second-order valence-corrected chi connectivity index (χ2v) is 3.04. The van der Waals surface area contributed by atoms with Crippen molar-refractivity contribution in [1.82, 2.24) is 4.98 Å². The zero-order chi connectivity index (χ0) is 10.6. The quantitative estimate of drug-likeness (QED) is 0.713. The van der Waals surface area contributed by atoms with Crippen molar-refractivity contribution in [1.29, 1.82) is 0 Å². The third-order valence-electron chi connectivity index (χ3n) is 1.74. The van der Waals surface area contributed by atoms with Gasteiger partial charge in [0.2, 0.25) is 5.91 Å². The van der Waals surface area contributed by atoms with Crippen LogP contribution in [0.1, 0.15) is 0 Å². The summed E-state index contributed by atoms with van der Waals surface area (Å²) in [6, 6.07) is 1.83. The van der Waals surface area contributed by atoms with Gasteiger partial charge in [-0.3, -0.25) is 9.78 Å². The minimum atomic E-state index is -0.221. The first-order valence-corrected chi connectivity index (χ1v) is 4.26. The number of hydrogen-bond donors (Lipinski definition) is 2. The Bertz CT molecular complexity index is 324. The topological polar surface area (TPSA) is 71.2 Å². The first-order chi connectivity index (χ1) is 6.65. The van der Waals surface area contributed by atoms with Crippen molar-refractivity contribution in [3.05, 3.63) is 18.5 Å². The maximum atomic E-state index is 11.1. The molecule has 0 saturated carbocycles. The molecule has 0 radical (unpaired) electrons. The Kier molecular flexibility index (Phi) is 3.41. The van der Waals surface area contributed by atoms with E-state index in [4.69, 9.17) is 5.73 Å². The molecular formula is C9H14N4O. The lowest BCUT2D eigenvalue weighted by Crippen LogP contribution is -2.23. The maximum absolute atomic E-state index is 11.1. The maximum Gasteiger partial charge on any atom is 0.238 e. The van der Waals surface area contributed by atoms with E-state index in [0.29, 0.717) is 5.69 Å². The van der Waals surface area contributed by atoms with Crippen LogP contribution in [0.15, 0.2) is 18.5 Å². The van der Waals surface area contributed by atoms with Gasteiger partial charge in [0.25, 0.3) is 0 Å². The van der Waals surface area contributed by atoms with Gasteiger partial charge in [0.1, 0.15) is 0 Å². The van der Waals surface area contributed by atoms with E-state index in [9.17, 15) is 4.79 Å². The highest BCUT2D eigenvalue weighted by molar-refractivity contribution is 5.95. The normalized spacial score (nSPS) is 9.64. The Morgan fingerprint density at radius 1 is 1.64 bits per heavy atom. The highest BCUT2D eigenvalue weighted by Crippen LogP contribution is 2.21. The fourth-order valence-electron chi connectivity index (χ4n) is 1.07. The van der Waals surface area contributed by atoms with Gasteiger partial charge in [0, 0.05) is 20.3 Å². The number of carbonyl (C=O) groups excluding carboxylic acids is 1. The van der Waals surface area contributed by atoms with E-state index in [0.717, 1.165) is 5.69 Å². The molecule has 1 rings (SSSR count). The van der Waals surface area contributed by atoms with Gasteiger partial charge in [-0.25, -0.2) is 0 Å². The van der Waals surface area contributed by atoms with Crippen LogP contribution in [0.3, 0.4) is 0 Å². The molecule has 3 N–H and O–H groups in total. The van der Waals surface area contributed by atoms with E-state index in [1.807, 2.05) is 25.1 Å². The molecule has 1 aromatic heterocycles. The third kappa shape index (κ3) is 2.43. The number of nitrogens with one attached hydrogen (secondary N) is 1. The van der Waals surface area contributed by atoms with Crippen LogP contribution >= 0.6 is 0 Å². The van der Waals surface area contributed by atoms with Gasteiger partial charge in [-0.2, -0.15) is 0 Å².